The molecule has 1 aliphatic rings. The number of rotatable bonds is 11. The van der Waals surface area contributed by atoms with Gasteiger partial charge in [0.05, 0.1) is 18.9 Å². The quantitative estimate of drug-likeness (QED) is 0.247. The Labute approximate surface area is 232 Å². The van der Waals surface area contributed by atoms with Gasteiger partial charge in [0.1, 0.15) is 17.4 Å². The Balaban J connectivity index is 1.45. The van der Waals surface area contributed by atoms with Crippen molar-refractivity contribution < 1.29 is 14.3 Å². The number of ether oxygens (including phenoxy) is 2. The topological polar surface area (TPSA) is 92.7 Å². The van der Waals surface area contributed by atoms with Crippen LogP contribution in [0.4, 0.5) is 22.0 Å². The van der Waals surface area contributed by atoms with E-state index in [1.165, 1.54) is 4.90 Å². The van der Waals surface area contributed by atoms with Gasteiger partial charge in [0.25, 0.3) is 0 Å². The van der Waals surface area contributed by atoms with Crippen molar-refractivity contribution in [1.29, 1.82) is 0 Å². The van der Waals surface area contributed by atoms with Gasteiger partial charge in [-0.3, -0.25) is 4.90 Å². The van der Waals surface area contributed by atoms with Crippen LogP contribution in [-0.2, 0) is 28.2 Å². The lowest BCUT2D eigenvalue weighted by Crippen LogP contribution is -2.36. The molecule has 0 radical (unpaired) electrons. The van der Waals surface area contributed by atoms with Gasteiger partial charge in [-0.25, -0.2) is 9.78 Å². The van der Waals surface area contributed by atoms with E-state index < -0.39 is 6.09 Å². The van der Waals surface area contributed by atoms with E-state index in [9.17, 15) is 4.79 Å². The molecule has 1 N–H and O–H groups in total. The molecule has 0 saturated carbocycles. The van der Waals surface area contributed by atoms with Gasteiger partial charge in [0.2, 0.25) is 0 Å². The summed E-state index contributed by atoms with van der Waals surface area (Å²) in [6, 6.07) is 12.1. The van der Waals surface area contributed by atoms with Crippen LogP contribution in [0.5, 0.6) is 0 Å². The summed E-state index contributed by atoms with van der Waals surface area (Å²) >= 11 is 3.30. The van der Waals surface area contributed by atoms with Crippen LogP contribution in [0.15, 0.2) is 52.9 Å². The second-order valence-corrected chi connectivity index (χ2v) is 10.9. The van der Waals surface area contributed by atoms with Gasteiger partial charge >= 0.3 is 6.09 Å². The molecule has 0 atom stereocenters. The van der Waals surface area contributed by atoms with Crippen LogP contribution in [0.25, 0.3) is 0 Å². The minimum absolute atomic E-state index is 0.255. The number of aromatic nitrogens is 3. The summed E-state index contributed by atoms with van der Waals surface area (Å²) in [5, 5.41) is 13.0. The second kappa shape index (κ2) is 14.1. The first-order valence-corrected chi connectivity index (χ1v) is 14.5. The van der Waals surface area contributed by atoms with Crippen LogP contribution in [0, 0.1) is 0 Å². The number of carbonyl (C=O) groups excluding carboxylic acids is 1. The highest BCUT2D eigenvalue weighted by atomic mass is 32.2. The van der Waals surface area contributed by atoms with Gasteiger partial charge in [0, 0.05) is 49.9 Å². The third kappa shape index (κ3) is 7.92. The molecule has 1 aromatic carbocycles. The van der Waals surface area contributed by atoms with E-state index in [-0.39, 0.29) is 6.61 Å². The van der Waals surface area contributed by atoms with Crippen molar-refractivity contribution in [3.63, 3.8) is 0 Å². The van der Waals surface area contributed by atoms with E-state index >= 15 is 0 Å². The Morgan fingerprint density at radius 3 is 2.87 bits per heavy atom. The van der Waals surface area contributed by atoms with Crippen LogP contribution in [0.1, 0.15) is 30.1 Å². The molecule has 11 heteroatoms. The van der Waals surface area contributed by atoms with Crippen LogP contribution >= 0.6 is 23.1 Å². The van der Waals surface area contributed by atoms with E-state index in [2.05, 4.69) is 39.5 Å². The molecule has 0 bridgehead atoms. The summed E-state index contributed by atoms with van der Waals surface area (Å²) < 4.78 is 11.8. The number of carbonyl (C=O) groups is 1. The third-order valence-electron chi connectivity index (χ3n) is 5.92. The maximum absolute atomic E-state index is 12.3. The van der Waals surface area contributed by atoms with Crippen LogP contribution in [0.3, 0.4) is 0 Å². The van der Waals surface area contributed by atoms with Crippen molar-refractivity contribution >= 4 is 46.4 Å². The molecule has 9 nitrogen and oxygen atoms in total. The molecule has 0 spiro atoms. The molecule has 1 aliphatic heterocycles. The smallest absolute Gasteiger partial charge is 0.414 e. The summed E-state index contributed by atoms with van der Waals surface area (Å²) in [4.78, 5) is 21.1. The second-order valence-electron chi connectivity index (χ2n) is 8.63. The Morgan fingerprint density at radius 2 is 2.11 bits per heavy atom. The van der Waals surface area contributed by atoms with Gasteiger partial charge in [-0.1, -0.05) is 54.3 Å². The maximum atomic E-state index is 12.3. The molecule has 0 aliphatic carbocycles. The van der Waals surface area contributed by atoms with Crippen molar-refractivity contribution in [1.82, 2.24) is 15.2 Å². The molecule has 2 aromatic heterocycles. The number of anilines is 3. The minimum Gasteiger partial charge on any atom is -0.445 e. The fraction of sp³-hybridized carbons (Fsp3) is 0.407. The predicted octanol–water partition coefficient (Wildman–Crippen LogP) is 5.39. The van der Waals surface area contributed by atoms with Crippen LogP contribution in [0.2, 0.25) is 0 Å². The van der Waals surface area contributed by atoms with Crippen LogP contribution in [-0.4, -0.2) is 61.2 Å². The number of thioether (sulfide) groups is 1. The summed E-state index contributed by atoms with van der Waals surface area (Å²) in [5.74, 6) is 1.52. The third-order valence-corrected chi connectivity index (χ3v) is 8.15. The summed E-state index contributed by atoms with van der Waals surface area (Å²) in [6.07, 6.45) is 4.15. The number of allylic oxidation sites excluding steroid dienone is 1. The zero-order valence-corrected chi connectivity index (χ0v) is 23.7. The fourth-order valence-corrected chi connectivity index (χ4v) is 5.53. The molecule has 4 rings (SSSR count). The van der Waals surface area contributed by atoms with E-state index in [1.807, 2.05) is 37.3 Å². The number of pyridine rings is 1. The Hall–Kier alpha value is -3.15. The molecule has 3 heterocycles. The Morgan fingerprint density at radius 1 is 1.26 bits per heavy atom. The van der Waals surface area contributed by atoms with Gasteiger partial charge in [0.15, 0.2) is 4.34 Å². The lowest BCUT2D eigenvalue weighted by molar-refractivity contribution is 0.122. The lowest BCUT2D eigenvalue weighted by atomic mass is 10.2. The molecular weight excluding hydrogens is 520 g/mol. The molecule has 1 saturated heterocycles. The average molecular weight is 555 g/mol. The maximum Gasteiger partial charge on any atom is 0.414 e. The summed E-state index contributed by atoms with van der Waals surface area (Å²) in [6.45, 7) is 7.94. The minimum atomic E-state index is -0.392. The number of morpholine rings is 1. The monoisotopic (exact) mass is 554 g/mol. The van der Waals surface area contributed by atoms with Crippen molar-refractivity contribution in [2.24, 2.45) is 0 Å². The Kier molecular flexibility index (Phi) is 10.4. The highest BCUT2D eigenvalue weighted by Gasteiger charge is 2.15. The number of aryl methyl sites for hydroxylation is 1. The number of hydrogen-bond donors (Lipinski definition) is 1. The van der Waals surface area contributed by atoms with Gasteiger partial charge in [-0.2, -0.15) is 0 Å². The molecule has 1 amide bonds. The van der Waals surface area contributed by atoms with Crippen molar-refractivity contribution in [2.45, 2.75) is 36.9 Å². The average Bonchev–Trinajstić information content (AvgIpc) is 3.43. The zero-order chi connectivity index (χ0) is 26.7. The van der Waals surface area contributed by atoms with Gasteiger partial charge in [-0.15, -0.1) is 10.2 Å². The van der Waals surface area contributed by atoms with Gasteiger partial charge in [-0.05, 0) is 37.1 Å². The normalized spacial score (nSPS) is 13.6. The largest absolute Gasteiger partial charge is 0.445 e. The van der Waals surface area contributed by atoms with Crippen LogP contribution < -0.4 is 15.1 Å². The van der Waals surface area contributed by atoms with E-state index in [0.717, 1.165) is 70.5 Å². The predicted molar refractivity (Wildman–Crippen MR) is 154 cm³/mol. The number of nitrogens with one attached hydrogen (secondary N) is 1. The van der Waals surface area contributed by atoms with E-state index in [0.29, 0.717) is 12.3 Å². The molecule has 202 valence electrons. The molecular formula is C27H34N6O3S2. The molecule has 38 heavy (non-hydrogen) atoms. The summed E-state index contributed by atoms with van der Waals surface area (Å²) in [7, 11) is 1.71. The lowest BCUT2D eigenvalue weighted by Gasteiger charge is -2.29. The zero-order valence-electron chi connectivity index (χ0n) is 22.1. The first-order valence-electron chi connectivity index (χ1n) is 12.7. The molecule has 3 aromatic rings. The summed E-state index contributed by atoms with van der Waals surface area (Å²) in [5.41, 5.74) is 3.91. The molecule has 1 fully saturated rings. The van der Waals surface area contributed by atoms with Gasteiger partial charge < -0.3 is 19.7 Å². The highest BCUT2D eigenvalue weighted by Crippen LogP contribution is 2.29. The van der Waals surface area contributed by atoms with Crippen molar-refractivity contribution in [3.8, 4) is 0 Å². The molecule has 0 unspecified atom stereocenters. The van der Waals surface area contributed by atoms with E-state index in [4.69, 9.17) is 14.5 Å². The number of nitrogens with zero attached hydrogens (tertiary/aromatic N) is 5. The number of hydrogen-bond acceptors (Lipinski definition) is 10. The Bertz CT molecular complexity index is 1230. The van der Waals surface area contributed by atoms with Crippen molar-refractivity contribution in [2.75, 3.05) is 55.1 Å². The van der Waals surface area contributed by atoms with E-state index in [1.54, 1.807) is 36.2 Å². The standard InChI is InChI=1S/C27H34N6O3S2/c1-4-6-12-36-27(34)32(3)22-9-7-8-20(15-22)18-28-24-17-23(33-10-13-35-14-11-33)16-21(29-24)19-37-26-31-30-25(5-2)38-26/h4,6-9,15-17H,5,10-14,18-19H2,1-3H3,(H,28,29). The van der Waals surface area contributed by atoms with Crippen molar-refractivity contribution in [3.05, 3.63) is 64.8 Å². The first-order chi connectivity index (χ1) is 18.6. The number of amides is 1. The SMILES string of the molecule is CC=CCOC(=O)N(C)c1cccc(CNc2cc(N3CCOCC3)cc(CSc3nnc(CC)s3)n2)c1. The fourth-order valence-electron chi connectivity index (χ4n) is 3.80. The number of benzene rings is 1. The highest BCUT2D eigenvalue weighted by molar-refractivity contribution is 8.00. The first kappa shape index (κ1) is 27.9.